The summed E-state index contributed by atoms with van der Waals surface area (Å²) >= 11 is 1.83. The highest BCUT2D eigenvalue weighted by atomic mass is 32.2. The standard InChI is InChI=1S/C11H18N2OS/c1-4-14-10-6-5-7-12-11(10)13-8-9(2)15-3/h5-7,9H,4,8H2,1-3H3,(H,12,13). The molecule has 0 aliphatic carbocycles. The SMILES string of the molecule is CCOc1cccnc1NCC(C)SC. The highest BCUT2D eigenvalue weighted by molar-refractivity contribution is 7.99. The molecular weight excluding hydrogens is 208 g/mol. The van der Waals surface area contributed by atoms with E-state index in [1.54, 1.807) is 6.20 Å². The van der Waals surface area contributed by atoms with E-state index in [4.69, 9.17) is 4.74 Å². The van der Waals surface area contributed by atoms with Gasteiger partial charge in [-0.1, -0.05) is 6.92 Å². The van der Waals surface area contributed by atoms with Crippen molar-refractivity contribution in [3.8, 4) is 5.75 Å². The molecule has 1 unspecified atom stereocenters. The molecule has 84 valence electrons. The molecule has 1 N–H and O–H groups in total. The van der Waals surface area contributed by atoms with E-state index in [9.17, 15) is 0 Å². The second-order valence-corrected chi connectivity index (χ2v) is 4.49. The molecule has 0 saturated heterocycles. The van der Waals surface area contributed by atoms with E-state index in [2.05, 4.69) is 23.5 Å². The molecule has 0 aliphatic heterocycles. The van der Waals surface area contributed by atoms with E-state index in [1.807, 2.05) is 30.8 Å². The van der Waals surface area contributed by atoms with Crippen molar-refractivity contribution in [1.82, 2.24) is 4.98 Å². The van der Waals surface area contributed by atoms with Crippen LogP contribution in [0, 0.1) is 0 Å². The van der Waals surface area contributed by atoms with Gasteiger partial charge in [0.25, 0.3) is 0 Å². The Morgan fingerprint density at radius 3 is 3.07 bits per heavy atom. The summed E-state index contributed by atoms with van der Waals surface area (Å²) < 4.78 is 5.47. The first-order valence-corrected chi connectivity index (χ1v) is 6.41. The summed E-state index contributed by atoms with van der Waals surface area (Å²) in [5.74, 6) is 1.66. The molecule has 0 aromatic carbocycles. The van der Waals surface area contributed by atoms with Crippen molar-refractivity contribution in [3.63, 3.8) is 0 Å². The van der Waals surface area contributed by atoms with Crippen LogP contribution in [-0.4, -0.2) is 29.6 Å². The van der Waals surface area contributed by atoms with E-state index in [0.717, 1.165) is 18.1 Å². The van der Waals surface area contributed by atoms with Crippen molar-refractivity contribution in [2.45, 2.75) is 19.1 Å². The molecule has 1 rings (SSSR count). The number of anilines is 1. The van der Waals surface area contributed by atoms with Crippen LogP contribution in [0.2, 0.25) is 0 Å². The van der Waals surface area contributed by atoms with Crippen LogP contribution in [0.1, 0.15) is 13.8 Å². The average Bonchev–Trinajstić information content (AvgIpc) is 2.28. The average molecular weight is 226 g/mol. The third kappa shape index (κ3) is 4.00. The minimum atomic E-state index is 0.571. The van der Waals surface area contributed by atoms with Crippen LogP contribution in [0.4, 0.5) is 5.82 Å². The zero-order valence-electron chi connectivity index (χ0n) is 9.49. The fourth-order valence-corrected chi connectivity index (χ4v) is 1.37. The summed E-state index contributed by atoms with van der Waals surface area (Å²) in [6, 6.07) is 3.82. The first-order valence-electron chi connectivity index (χ1n) is 5.12. The third-order valence-corrected chi connectivity index (χ3v) is 3.00. The highest BCUT2D eigenvalue weighted by Gasteiger charge is 2.05. The maximum absolute atomic E-state index is 5.47. The van der Waals surface area contributed by atoms with Gasteiger partial charge in [0.15, 0.2) is 11.6 Å². The van der Waals surface area contributed by atoms with Gasteiger partial charge in [0.2, 0.25) is 0 Å². The Bertz CT molecular complexity index is 294. The predicted molar refractivity (Wildman–Crippen MR) is 66.9 cm³/mol. The molecule has 0 amide bonds. The number of pyridine rings is 1. The van der Waals surface area contributed by atoms with Crippen LogP contribution in [0.3, 0.4) is 0 Å². The largest absolute Gasteiger partial charge is 0.490 e. The first-order chi connectivity index (χ1) is 7.27. The zero-order valence-corrected chi connectivity index (χ0v) is 10.3. The fraction of sp³-hybridized carbons (Fsp3) is 0.545. The third-order valence-electron chi connectivity index (χ3n) is 2.03. The van der Waals surface area contributed by atoms with Crippen molar-refractivity contribution >= 4 is 17.6 Å². The smallest absolute Gasteiger partial charge is 0.168 e. The quantitative estimate of drug-likeness (QED) is 0.808. The van der Waals surface area contributed by atoms with E-state index < -0.39 is 0 Å². The van der Waals surface area contributed by atoms with Crippen LogP contribution in [0.25, 0.3) is 0 Å². The lowest BCUT2D eigenvalue weighted by atomic mass is 10.4. The van der Waals surface area contributed by atoms with E-state index >= 15 is 0 Å². The first kappa shape index (κ1) is 12.2. The van der Waals surface area contributed by atoms with E-state index in [-0.39, 0.29) is 0 Å². The van der Waals surface area contributed by atoms with E-state index in [0.29, 0.717) is 11.9 Å². The Kier molecular flexibility index (Phi) is 5.32. The van der Waals surface area contributed by atoms with Gasteiger partial charge in [-0.25, -0.2) is 4.98 Å². The Morgan fingerprint density at radius 2 is 2.40 bits per heavy atom. The summed E-state index contributed by atoms with van der Waals surface area (Å²) in [4.78, 5) is 4.26. The molecule has 1 atom stereocenters. The van der Waals surface area contributed by atoms with Crippen molar-refractivity contribution in [2.24, 2.45) is 0 Å². The second kappa shape index (κ2) is 6.56. The van der Waals surface area contributed by atoms with Gasteiger partial charge in [-0.05, 0) is 25.3 Å². The normalized spacial score (nSPS) is 12.2. The molecule has 0 fully saturated rings. The van der Waals surface area contributed by atoms with Gasteiger partial charge in [0, 0.05) is 18.0 Å². The summed E-state index contributed by atoms with van der Waals surface area (Å²) in [6.45, 7) is 5.72. The maximum atomic E-state index is 5.47. The number of rotatable bonds is 6. The summed E-state index contributed by atoms with van der Waals surface area (Å²) in [7, 11) is 0. The van der Waals surface area contributed by atoms with Crippen molar-refractivity contribution < 1.29 is 4.74 Å². The van der Waals surface area contributed by atoms with E-state index in [1.165, 1.54) is 0 Å². The molecule has 3 nitrogen and oxygen atoms in total. The van der Waals surface area contributed by atoms with Crippen LogP contribution >= 0.6 is 11.8 Å². The number of ether oxygens (including phenoxy) is 1. The lowest BCUT2D eigenvalue weighted by Gasteiger charge is -2.13. The number of nitrogens with one attached hydrogen (secondary N) is 1. The molecule has 1 aromatic rings. The van der Waals surface area contributed by atoms with Crippen molar-refractivity contribution in [1.29, 1.82) is 0 Å². The monoisotopic (exact) mass is 226 g/mol. The van der Waals surface area contributed by atoms with Crippen LogP contribution in [0.15, 0.2) is 18.3 Å². The Morgan fingerprint density at radius 1 is 1.60 bits per heavy atom. The van der Waals surface area contributed by atoms with Gasteiger partial charge < -0.3 is 10.1 Å². The van der Waals surface area contributed by atoms with Gasteiger partial charge in [0.1, 0.15) is 0 Å². The van der Waals surface area contributed by atoms with Gasteiger partial charge in [-0.3, -0.25) is 0 Å². The number of thioether (sulfide) groups is 1. The predicted octanol–water partition coefficient (Wildman–Crippen LogP) is 2.64. The number of aromatic nitrogens is 1. The lowest BCUT2D eigenvalue weighted by molar-refractivity contribution is 0.340. The zero-order chi connectivity index (χ0) is 11.1. The summed E-state index contributed by atoms with van der Waals surface area (Å²) in [6.07, 6.45) is 3.88. The molecule has 0 aliphatic rings. The molecule has 0 bridgehead atoms. The maximum Gasteiger partial charge on any atom is 0.168 e. The van der Waals surface area contributed by atoms with Gasteiger partial charge >= 0.3 is 0 Å². The van der Waals surface area contributed by atoms with Gasteiger partial charge in [-0.15, -0.1) is 0 Å². The number of hydrogen-bond acceptors (Lipinski definition) is 4. The molecule has 4 heteroatoms. The van der Waals surface area contributed by atoms with Gasteiger partial charge in [-0.2, -0.15) is 11.8 Å². The van der Waals surface area contributed by atoms with Gasteiger partial charge in [0.05, 0.1) is 6.61 Å². The van der Waals surface area contributed by atoms with Crippen LogP contribution < -0.4 is 10.1 Å². The summed E-state index contributed by atoms with van der Waals surface area (Å²) in [5, 5.41) is 3.86. The Labute approximate surface area is 95.6 Å². The summed E-state index contributed by atoms with van der Waals surface area (Å²) in [5.41, 5.74) is 0. The number of hydrogen-bond donors (Lipinski definition) is 1. The molecule has 1 heterocycles. The lowest BCUT2D eigenvalue weighted by Crippen LogP contribution is -2.14. The minimum absolute atomic E-state index is 0.571. The molecule has 0 spiro atoms. The van der Waals surface area contributed by atoms with Crippen LogP contribution in [-0.2, 0) is 0 Å². The van der Waals surface area contributed by atoms with Crippen LogP contribution in [0.5, 0.6) is 5.75 Å². The fourth-order valence-electron chi connectivity index (χ4n) is 1.12. The molecule has 1 aromatic heterocycles. The molecular formula is C11H18N2OS. The number of nitrogens with zero attached hydrogens (tertiary/aromatic N) is 1. The topological polar surface area (TPSA) is 34.1 Å². The Balaban J connectivity index is 2.58. The molecule has 15 heavy (non-hydrogen) atoms. The highest BCUT2D eigenvalue weighted by Crippen LogP contribution is 2.21. The molecule has 0 saturated carbocycles. The minimum Gasteiger partial charge on any atom is -0.490 e. The van der Waals surface area contributed by atoms with Crippen molar-refractivity contribution in [3.05, 3.63) is 18.3 Å². The van der Waals surface area contributed by atoms with Crippen molar-refractivity contribution in [2.75, 3.05) is 24.7 Å². The molecule has 0 radical (unpaired) electrons. The Hall–Kier alpha value is -0.900. The second-order valence-electron chi connectivity index (χ2n) is 3.21.